The molecule has 18 heavy (non-hydrogen) atoms. The van der Waals surface area contributed by atoms with E-state index in [1.165, 1.54) is 25.7 Å². The zero-order valence-corrected chi connectivity index (χ0v) is 12.6. The molecule has 1 heterocycles. The summed E-state index contributed by atoms with van der Waals surface area (Å²) in [6.07, 6.45) is 8.40. The van der Waals surface area contributed by atoms with Crippen LogP contribution >= 0.6 is 0 Å². The van der Waals surface area contributed by atoms with Crippen LogP contribution in [0.3, 0.4) is 0 Å². The van der Waals surface area contributed by atoms with Crippen molar-refractivity contribution in [1.82, 2.24) is 0 Å². The van der Waals surface area contributed by atoms with E-state index in [0.29, 0.717) is 25.4 Å². The first-order valence-corrected chi connectivity index (χ1v) is 7.85. The number of hydrogen-bond donors (Lipinski definition) is 0. The predicted octanol–water partition coefficient (Wildman–Crippen LogP) is 2.62. The summed E-state index contributed by atoms with van der Waals surface area (Å²) >= 11 is 0. The molecule has 0 amide bonds. The van der Waals surface area contributed by atoms with Gasteiger partial charge in [-0.2, -0.15) is 0 Å². The van der Waals surface area contributed by atoms with Crippen LogP contribution in [0.25, 0.3) is 0 Å². The highest BCUT2D eigenvalue weighted by Gasteiger charge is 2.43. The first-order valence-electron chi connectivity index (χ1n) is 7.35. The van der Waals surface area contributed by atoms with Gasteiger partial charge in [-0.05, 0) is 51.9 Å². The summed E-state index contributed by atoms with van der Waals surface area (Å²) in [7, 11) is 3.64. The molecular formula is C14H25O3Si. The van der Waals surface area contributed by atoms with Crippen LogP contribution in [0.5, 0.6) is 0 Å². The zero-order valence-electron chi connectivity index (χ0n) is 11.6. The van der Waals surface area contributed by atoms with Gasteiger partial charge in [-0.25, -0.2) is 0 Å². The molecule has 2 rings (SSSR count). The van der Waals surface area contributed by atoms with E-state index >= 15 is 0 Å². The van der Waals surface area contributed by atoms with Crippen molar-refractivity contribution < 1.29 is 14.2 Å². The Morgan fingerprint density at radius 3 is 2.50 bits per heavy atom. The highest BCUT2D eigenvalue weighted by Crippen LogP contribution is 2.41. The van der Waals surface area contributed by atoms with Crippen molar-refractivity contribution in [3.8, 4) is 0 Å². The molecule has 1 aliphatic carbocycles. The van der Waals surface area contributed by atoms with Crippen LogP contribution in [0, 0.1) is 5.92 Å². The molecule has 3 atom stereocenters. The molecule has 3 nitrogen and oxygen atoms in total. The molecular weight excluding hydrogens is 244 g/mol. The Kier molecular flexibility index (Phi) is 5.24. The van der Waals surface area contributed by atoms with Crippen LogP contribution in [0.2, 0.25) is 0 Å². The minimum Gasteiger partial charge on any atom is -0.370 e. The first kappa shape index (κ1) is 14.5. The largest absolute Gasteiger partial charge is 0.370 e. The second-order valence-corrected chi connectivity index (χ2v) is 6.17. The molecule has 0 bridgehead atoms. The van der Waals surface area contributed by atoms with Crippen molar-refractivity contribution in [1.29, 1.82) is 0 Å². The van der Waals surface area contributed by atoms with Crippen LogP contribution in [0.4, 0.5) is 0 Å². The van der Waals surface area contributed by atoms with Crippen molar-refractivity contribution in [2.45, 2.75) is 70.0 Å². The molecule has 0 N–H and O–H groups in total. The quantitative estimate of drug-likeness (QED) is 0.385. The summed E-state index contributed by atoms with van der Waals surface area (Å²) in [5, 5.41) is 0. The molecule has 0 spiro atoms. The Morgan fingerprint density at radius 2 is 1.89 bits per heavy atom. The molecule has 2 aliphatic rings. The Labute approximate surface area is 114 Å². The predicted molar refractivity (Wildman–Crippen MR) is 71.6 cm³/mol. The van der Waals surface area contributed by atoms with Gasteiger partial charge in [0.25, 0.3) is 0 Å². The smallest absolute Gasteiger partial charge is 0.144 e. The normalized spacial score (nSPS) is 31.2. The fourth-order valence-electron chi connectivity index (χ4n) is 3.02. The van der Waals surface area contributed by atoms with Gasteiger partial charge in [0.05, 0.1) is 12.2 Å². The van der Waals surface area contributed by atoms with Crippen molar-refractivity contribution >= 4 is 10.2 Å². The minimum absolute atomic E-state index is 0.573. The highest BCUT2D eigenvalue weighted by atomic mass is 28.1. The molecule has 0 aromatic heterocycles. The zero-order chi connectivity index (χ0) is 13.0. The van der Waals surface area contributed by atoms with Gasteiger partial charge in [-0.3, -0.25) is 0 Å². The second kappa shape index (κ2) is 6.50. The molecule has 103 valence electrons. The molecule has 1 saturated heterocycles. The van der Waals surface area contributed by atoms with Crippen molar-refractivity contribution in [2.24, 2.45) is 5.92 Å². The molecule has 1 saturated carbocycles. The lowest BCUT2D eigenvalue weighted by atomic mass is 9.86. The fraction of sp³-hybridized carbons (Fsp3) is 1.00. The molecule has 3 radical (unpaired) electrons. The fourth-order valence-corrected chi connectivity index (χ4v) is 3.49. The van der Waals surface area contributed by atoms with Crippen LogP contribution in [-0.4, -0.2) is 41.1 Å². The third kappa shape index (κ3) is 4.05. The van der Waals surface area contributed by atoms with E-state index in [4.69, 9.17) is 14.2 Å². The summed E-state index contributed by atoms with van der Waals surface area (Å²) in [4.78, 5) is 0. The van der Waals surface area contributed by atoms with Crippen molar-refractivity contribution in [3.05, 3.63) is 0 Å². The molecule has 4 heteroatoms. The standard InChI is InChI=1S/C14H25O3Si/c1-3-15-14(18,16-4-2)9-5-6-11-7-8-12-13(10-11)17-12/h11-13H,3-10H2,1-2H3. The average molecular weight is 269 g/mol. The number of ether oxygens (including phenoxy) is 3. The Hall–Kier alpha value is 0.0969. The third-order valence-corrected chi connectivity index (χ3v) is 4.52. The van der Waals surface area contributed by atoms with Crippen LogP contribution in [0.1, 0.15) is 52.4 Å². The van der Waals surface area contributed by atoms with E-state index < -0.39 is 5.41 Å². The summed E-state index contributed by atoms with van der Waals surface area (Å²) in [6.45, 7) is 5.34. The van der Waals surface area contributed by atoms with Crippen molar-refractivity contribution in [2.75, 3.05) is 13.2 Å². The third-order valence-electron chi connectivity index (χ3n) is 3.99. The first-order chi connectivity index (χ1) is 8.67. The number of hydrogen-bond acceptors (Lipinski definition) is 3. The maximum absolute atomic E-state index is 5.66. The molecule has 2 fully saturated rings. The minimum atomic E-state index is -0.573. The van der Waals surface area contributed by atoms with E-state index in [2.05, 4.69) is 10.2 Å². The van der Waals surface area contributed by atoms with Gasteiger partial charge in [0.2, 0.25) is 0 Å². The summed E-state index contributed by atoms with van der Waals surface area (Å²) in [6, 6.07) is 0. The monoisotopic (exact) mass is 269 g/mol. The second-order valence-electron chi connectivity index (χ2n) is 5.40. The van der Waals surface area contributed by atoms with Gasteiger partial charge in [0, 0.05) is 13.2 Å². The van der Waals surface area contributed by atoms with Crippen LogP contribution < -0.4 is 0 Å². The van der Waals surface area contributed by atoms with E-state index in [-0.39, 0.29) is 0 Å². The maximum Gasteiger partial charge on any atom is 0.144 e. The van der Waals surface area contributed by atoms with Gasteiger partial charge in [-0.1, -0.05) is 6.42 Å². The summed E-state index contributed by atoms with van der Waals surface area (Å²) in [5.74, 6) is 0.841. The molecule has 0 aromatic carbocycles. The van der Waals surface area contributed by atoms with Gasteiger partial charge < -0.3 is 14.2 Å². The lowest BCUT2D eigenvalue weighted by molar-refractivity contribution is -0.177. The SMILES string of the molecule is CCOC([Si])(CCCC1CCC2OC2C1)OCC. The Morgan fingerprint density at radius 1 is 1.17 bits per heavy atom. The number of rotatable bonds is 8. The number of epoxide rings is 1. The van der Waals surface area contributed by atoms with Crippen LogP contribution in [0.15, 0.2) is 0 Å². The Balaban J connectivity index is 1.65. The van der Waals surface area contributed by atoms with Crippen molar-refractivity contribution in [3.63, 3.8) is 0 Å². The van der Waals surface area contributed by atoms with E-state index in [1.54, 1.807) is 0 Å². The average Bonchev–Trinajstić information content (AvgIpc) is 3.08. The van der Waals surface area contributed by atoms with E-state index in [1.807, 2.05) is 13.8 Å². The lowest BCUT2D eigenvalue weighted by Crippen LogP contribution is -2.36. The maximum atomic E-state index is 5.66. The van der Waals surface area contributed by atoms with E-state index in [9.17, 15) is 0 Å². The van der Waals surface area contributed by atoms with E-state index in [0.717, 1.165) is 18.8 Å². The Bertz CT molecular complexity index is 253. The van der Waals surface area contributed by atoms with Crippen LogP contribution in [-0.2, 0) is 14.2 Å². The van der Waals surface area contributed by atoms with Gasteiger partial charge >= 0.3 is 0 Å². The topological polar surface area (TPSA) is 31.0 Å². The van der Waals surface area contributed by atoms with Gasteiger partial charge in [0.1, 0.15) is 15.7 Å². The van der Waals surface area contributed by atoms with Gasteiger partial charge in [0.15, 0.2) is 0 Å². The molecule has 3 unspecified atom stereocenters. The summed E-state index contributed by atoms with van der Waals surface area (Å²) < 4.78 is 16.9. The highest BCUT2D eigenvalue weighted by molar-refractivity contribution is 6.13. The molecule has 1 aliphatic heterocycles. The number of fused-ring (bicyclic) bond motifs is 1. The lowest BCUT2D eigenvalue weighted by Gasteiger charge is -2.30. The van der Waals surface area contributed by atoms with Gasteiger partial charge in [-0.15, -0.1) is 0 Å². The summed E-state index contributed by atoms with van der Waals surface area (Å²) in [5.41, 5.74) is -0.573. The molecule has 0 aromatic rings.